The molecule has 7 rings (SSSR count). The molecule has 2 aliphatic heterocycles. The number of unbranched alkanes of at least 4 members (excludes halogenated alkanes) is 7. The minimum Gasteiger partial charge on any atom is -0.399 e. The lowest BCUT2D eigenvalue weighted by molar-refractivity contribution is -0.359. The number of fused-ring (bicyclic) bond motifs is 1. The first-order valence-electron chi connectivity index (χ1n) is 28.0. The van der Waals surface area contributed by atoms with Gasteiger partial charge in [0.2, 0.25) is 5.91 Å². The van der Waals surface area contributed by atoms with Gasteiger partial charge in [0, 0.05) is 36.9 Å². The van der Waals surface area contributed by atoms with Crippen LogP contribution in [-0.4, -0.2) is 108 Å². The van der Waals surface area contributed by atoms with Crippen LogP contribution in [0.3, 0.4) is 0 Å². The van der Waals surface area contributed by atoms with Crippen LogP contribution in [0.5, 0.6) is 0 Å². The molecule has 80 heavy (non-hydrogen) atoms. The summed E-state index contributed by atoms with van der Waals surface area (Å²) in [4.78, 5) is 27.1. The maximum atomic E-state index is 14.1. The van der Waals surface area contributed by atoms with Crippen molar-refractivity contribution >= 4 is 36.3 Å². The van der Waals surface area contributed by atoms with Crippen molar-refractivity contribution in [1.29, 1.82) is 0 Å². The first kappa shape index (κ1) is 62.1. The van der Waals surface area contributed by atoms with Gasteiger partial charge in [-0.3, -0.25) is 4.79 Å². The molecule has 3 amide bonds. The lowest BCUT2D eigenvalue weighted by Gasteiger charge is -2.52. The van der Waals surface area contributed by atoms with E-state index < -0.39 is 86.6 Å². The highest BCUT2D eigenvalue weighted by Gasteiger charge is 2.58. The third kappa shape index (κ3) is 17.3. The van der Waals surface area contributed by atoms with Crippen molar-refractivity contribution < 1.29 is 65.5 Å². The molecular weight excluding hydrogens is 1050 g/mol. The number of benzene rings is 5. The van der Waals surface area contributed by atoms with Crippen LogP contribution in [0, 0.1) is 0 Å². The Kier molecular flexibility index (Phi) is 23.7. The Labute approximate surface area is 470 Å². The standard InChI is InChI=1S/C62H80F3N3O11Si/c1-6-7-8-9-10-11-12-25-37-53(69)68-50(51(42-75-57(72-5)44-27-17-13-18-28-44)73-39-38-66-60(71)67-47-32-26-31-46(40-47)62(63,64)65)41-74-59-54(70)56(55-52(77-59)43-76-58(78-55)45-29-19-14-20-30-45)79-80(61(2,3)4,48-33-21-15-22-34-48)49-35-23-16-24-36-49/h13-24,26-36,40,50-52,54-59,70H,6-12,25,37-39,41-43H2,1-5H3,(H,68,69)(H2,66,67,71)/t50-,51?,52?,54?,55+,56?,57?,58?,59+/m1/s1. The molecule has 0 bridgehead atoms. The van der Waals surface area contributed by atoms with Crippen molar-refractivity contribution in [3.05, 3.63) is 162 Å². The number of hydrogen-bond donors (Lipinski definition) is 4. The largest absolute Gasteiger partial charge is 0.416 e. The van der Waals surface area contributed by atoms with E-state index in [0.29, 0.717) is 6.42 Å². The molecule has 2 fully saturated rings. The molecule has 0 radical (unpaired) electrons. The number of aliphatic hydroxyl groups is 1. The summed E-state index contributed by atoms with van der Waals surface area (Å²) in [5, 5.41) is 22.6. The average molecular weight is 1130 g/mol. The molecule has 9 atom stereocenters. The number of urea groups is 1. The Morgan fingerprint density at radius 3 is 1.98 bits per heavy atom. The molecule has 5 aromatic rings. The number of ether oxygens (including phenoxy) is 7. The Bertz CT molecular complexity index is 2560. The summed E-state index contributed by atoms with van der Waals surface area (Å²) in [6, 6.07) is 41.7. The summed E-state index contributed by atoms with van der Waals surface area (Å²) < 4.78 is 93.3. The molecule has 0 aromatic heterocycles. The number of alkyl halides is 3. The number of hydrogen-bond acceptors (Lipinski definition) is 11. The Morgan fingerprint density at radius 2 is 1.36 bits per heavy atom. The van der Waals surface area contributed by atoms with Gasteiger partial charge in [-0.25, -0.2) is 4.79 Å². The number of amides is 3. The third-order valence-electron chi connectivity index (χ3n) is 14.5. The van der Waals surface area contributed by atoms with E-state index >= 15 is 0 Å². The van der Waals surface area contributed by atoms with E-state index in [4.69, 9.17) is 37.6 Å². The van der Waals surface area contributed by atoms with Gasteiger partial charge >= 0.3 is 12.2 Å². The Morgan fingerprint density at radius 1 is 0.750 bits per heavy atom. The fourth-order valence-corrected chi connectivity index (χ4v) is 15.0. The zero-order valence-corrected chi connectivity index (χ0v) is 47.6. The van der Waals surface area contributed by atoms with Gasteiger partial charge < -0.3 is 58.6 Å². The van der Waals surface area contributed by atoms with E-state index in [1.807, 2.05) is 97.1 Å². The molecule has 4 N–H and O–H groups in total. The van der Waals surface area contributed by atoms with Crippen molar-refractivity contribution in [1.82, 2.24) is 10.6 Å². The summed E-state index contributed by atoms with van der Waals surface area (Å²) in [5.74, 6) is -0.262. The minimum atomic E-state index is -4.60. The van der Waals surface area contributed by atoms with E-state index in [2.05, 4.69) is 67.9 Å². The first-order valence-corrected chi connectivity index (χ1v) is 29.9. The number of nitrogens with one attached hydrogen (secondary N) is 3. The average Bonchev–Trinajstić information content (AvgIpc) is 3.63. The van der Waals surface area contributed by atoms with Gasteiger partial charge in [0.1, 0.15) is 30.5 Å². The van der Waals surface area contributed by atoms with Crippen molar-refractivity contribution in [3.8, 4) is 0 Å². The lowest BCUT2D eigenvalue weighted by Crippen LogP contribution is -2.73. The number of carbonyl (C=O) groups is 2. The van der Waals surface area contributed by atoms with E-state index in [9.17, 15) is 27.9 Å². The van der Waals surface area contributed by atoms with Gasteiger partial charge in [0.25, 0.3) is 8.32 Å². The van der Waals surface area contributed by atoms with Gasteiger partial charge in [-0.2, -0.15) is 13.2 Å². The van der Waals surface area contributed by atoms with Crippen molar-refractivity contribution in [3.63, 3.8) is 0 Å². The van der Waals surface area contributed by atoms with Crippen LogP contribution in [0.25, 0.3) is 0 Å². The minimum absolute atomic E-state index is 0.0486. The molecule has 6 unspecified atom stereocenters. The molecule has 5 aromatic carbocycles. The Hall–Kier alpha value is -5.51. The number of aliphatic hydroxyl groups excluding tert-OH is 1. The van der Waals surface area contributed by atoms with Crippen molar-refractivity contribution in [2.45, 2.75) is 152 Å². The van der Waals surface area contributed by atoms with E-state index in [-0.39, 0.29) is 51.0 Å². The second kappa shape index (κ2) is 30.5. The van der Waals surface area contributed by atoms with Gasteiger partial charge in [-0.15, -0.1) is 0 Å². The summed E-state index contributed by atoms with van der Waals surface area (Å²) in [7, 11) is -1.88. The van der Waals surface area contributed by atoms with Crippen molar-refractivity contribution in [2.75, 3.05) is 45.4 Å². The quantitative estimate of drug-likeness (QED) is 0.0205. The smallest absolute Gasteiger partial charge is 0.399 e. The summed E-state index contributed by atoms with van der Waals surface area (Å²) in [6.45, 7) is 8.08. The molecular formula is C62H80F3N3O11Si. The summed E-state index contributed by atoms with van der Waals surface area (Å²) in [5.41, 5.74) is 0.554. The molecule has 2 saturated heterocycles. The highest BCUT2D eigenvalue weighted by atomic mass is 28.4. The number of anilines is 1. The van der Waals surface area contributed by atoms with Crippen molar-refractivity contribution in [2.24, 2.45) is 0 Å². The molecule has 0 aliphatic carbocycles. The van der Waals surface area contributed by atoms with Crippen LogP contribution in [-0.2, 0) is 48.6 Å². The third-order valence-corrected chi connectivity index (χ3v) is 19.5. The number of halogens is 3. The van der Waals surface area contributed by atoms with Gasteiger partial charge in [0.05, 0.1) is 38.0 Å². The van der Waals surface area contributed by atoms with Crippen LogP contribution in [0.1, 0.15) is 115 Å². The van der Waals surface area contributed by atoms with Crippen LogP contribution < -0.4 is 26.3 Å². The predicted molar refractivity (Wildman–Crippen MR) is 303 cm³/mol. The molecule has 14 nitrogen and oxygen atoms in total. The normalized spacial score (nSPS) is 20.7. The van der Waals surface area contributed by atoms with E-state index in [0.717, 1.165) is 65.7 Å². The van der Waals surface area contributed by atoms with Crippen LogP contribution in [0.4, 0.5) is 23.7 Å². The fraction of sp³-hybridized carbons (Fsp3) is 0.484. The highest BCUT2D eigenvalue weighted by Crippen LogP contribution is 2.42. The molecule has 18 heteroatoms. The maximum Gasteiger partial charge on any atom is 0.416 e. The van der Waals surface area contributed by atoms with Gasteiger partial charge in [-0.1, -0.05) is 200 Å². The second-order valence-electron chi connectivity index (χ2n) is 21.4. The monoisotopic (exact) mass is 1130 g/mol. The second-order valence-corrected chi connectivity index (χ2v) is 25.6. The lowest BCUT2D eigenvalue weighted by atomic mass is 9.98. The van der Waals surface area contributed by atoms with Crippen LogP contribution in [0.15, 0.2) is 146 Å². The molecule has 0 spiro atoms. The zero-order valence-electron chi connectivity index (χ0n) is 46.6. The predicted octanol–water partition coefficient (Wildman–Crippen LogP) is 10.8. The fourth-order valence-electron chi connectivity index (χ4n) is 10.3. The molecule has 0 saturated carbocycles. The highest BCUT2D eigenvalue weighted by molar-refractivity contribution is 6.99. The maximum absolute atomic E-state index is 14.1. The number of carbonyl (C=O) groups excluding carboxylic acids is 2. The van der Waals surface area contributed by atoms with Gasteiger partial charge in [-0.05, 0) is 40.0 Å². The number of methoxy groups -OCH3 is 1. The first-order chi connectivity index (χ1) is 38.6. The van der Waals surface area contributed by atoms with E-state index in [1.54, 1.807) is 0 Å². The summed E-state index contributed by atoms with van der Waals surface area (Å²) in [6.07, 6.45) is -4.11. The van der Waals surface area contributed by atoms with Crippen LogP contribution >= 0.6 is 0 Å². The summed E-state index contributed by atoms with van der Waals surface area (Å²) >= 11 is 0. The van der Waals surface area contributed by atoms with E-state index in [1.165, 1.54) is 32.1 Å². The molecule has 2 aliphatic rings. The zero-order chi connectivity index (χ0) is 57.0. The molecule has 2 heterocycles. The Balaban J connectivity index is 1.17. The number of rotatable bonds is 29. The topological polar surface area (TPSA) is 164 Å². The SMILES string of the molecule is CCCCCCCCCCC(=O)N[C@H](CO[C@H]1OC2COC(c3ccccc3)O[C@@H]2C(O[Si](c2ccccc2)(c2ccccc2)C(C)(C)C)C1O)C(COC(OC)c1ccccc1)OCCNC(=O)Nc1cccc(C(F)(F)F)c1. The molecule has 434 valence electrons. The van der Waals surface area contributed by atoms with Crippen LogP contribution in [0.2, 0.25) is 5.04 Å². The van der Waals surface area contributed by atoms with Gasteiger partial charge in [0.15, 0.2) is 18.9 Å².